The molecular weight excluding hydrogens is 375 g/mol. The lowest BCUT2D eigenvalue weighted by Gasteiger charge is -2.12. The Kier molecular flexibility index (Phi) is 7.74. The summed E-state index contributed by atoms with van der Waals surface area (Å²) in [7, 11) is 1.84. The minimum atomic E-state index is -0.157. The summed E-state index contributed by atoms with van der Waals surface area (Å²) in [6, 6.07) is 5.24. The fraction of sp³-hybridized carbons (Fsp3) is 0.353. The lowest BCUT2D eigenvalue weighted by molar-refractivity contribution is 0.0954. The maximum atomic E-state index is 11.9. The molecule has 140 valence electrons. The Hall–Kier alpha value is -2.25. The Morgan fingerprint density at radius 3 is 2.65 bits per heavy atom. The van der Waals surface area contributed by atoms with Crippen LogP contribution in [0, 0.1) is 0 Å². The van der Waals surface area contributed by atoms with E-state index in [4.69, 9.17) is 23.2 Å². The molecule has 0 saturated carbocycles. The molecule has 0 spiro atoms. The van der Waals surface area contributed by atoms with Crippen molar-refractivity contribution in [3.63, 3.8) is 0 Å². The monoisotopic (exact) mass is 396 g/mol. The van der Waals surface area contributed by atoms with Gasteiger partial charge in [0.2, 0.25) is 0 Å². The largest absolute Gasteiger partial charge is 0.357 e. The predicted octanol–water partition coefficient (Wildman–Crippen LogP) is 2.21. The summed E-state index contributed by atoms with van der Waals surface area (Å²) in [5, 5.41) is 10.2. The summed E-state index contributed by atoms with van der Waals surface area (Å²) in [6.07, 6.45) is 3.16. The molecule has 26 heavy (non-hydrogen) atoms. The van der Waals surface area contributed by atoms with Crippen molar-refractivity contribution in [2.24, 2.45) is 12.0 Å². The van der Waals surface area contributed by atoms with Gasteiger partial charge in [-0.3, -0.25) is 9.78 Å². The Morgan fingerprint density at radius 2 is 2.04 bits per heavy atom. The Balaban J connectivity index is 1.83. The van der Waals surface area contributed by atoms with Crippen molar-refractivity contribution < 1.29 is 4.79 Å². The first-order chi connectivity index (χ1) is 12.5. The summed E-state index contributed by atoms with van der Waals surface area (Å²) in [6.45, 7) is 4.13. The van der Waals surface area contributed by atoms with Crippen molar-refractivity contribution in [3.8, 4) is 0 Å². The number of pyridine rings is 1. The number of aliphatic imine (C=N–C) groups is 1. The van der Waals surface area contributed by atoms with Gasteiger partial charge in [-0.2, -0.15) is 0 Å². The molecule has 0 radical (unpaired) electrons. The predicted molar refractivity (Wildman–Crippen MR) is 105 cm³/mol. The van der Waals surface area contributed by atoms with Crippen LogP contribution in [-0.2, 0) is 13.6 Å². The van der Waals surface area contributed by atoms with E-state index in [1.165, 1.54) is 6.20 Å². The van der Waals surface area contributed by atoms with Crippen LogP contribution in [0.15, 0.2) is 35.6 Å². The summed E-state index contributed by atoms with van der Waals surface area (Å²) < 4.78 is 1.80. The average molecular weight is 397 g/mol. The van der Waals surface area contributed by atoms with Crippen LogP contribution < -0.4 is 16.0 Å². The van der Waals surface area contributed by atoms with Crippen LogP contribution in [0.25, 0.3) is 0 Å². The third-order valence-corrected chi connectivity index (χ3v) is 4.43. The number of nitrogens with one attached hydrogen (secondary N) is 3. The van der Waals surface area contributed by atoms with E-state index >= 15 is 0 Å². The molecule has 2 aromatic heterocycles. The molecule has 0 unspecified atom stereocenters. The Labute approximate surface area is 162 Å². The minimum absolute atomic E-state index is 0.157. The summed E-state index contributed by atoms with van der Waals surface area (Å²) in [4.78, 5) is 20.4. The van der Waals surface area contributed by atoms with Gasteiger partial charge >= 0.3 is 0 Å². The fourth-order valence-corrected chi connectivity index (χ4v) is 2.61. The van der Waals surface area contributed by atoms with E-state index < -0.39 is 0 Å². The van der Waals surface area contributed by atoms with E-state index in [0.29, 0.717) is 41.3 Å². The van der Waals surface area contributed by atoms with Gasteiger partial charge in [-0.15, -0.1) is 0 Å². The maximum absolute atomic E-state index is 11.9. The molecule has 0 saturated heterocycles. The van der Waals surface area contributed by atoms with Crippen LogP contribution in [0.2, 0.25) is 10.2 Å². The third-order valence-electron chi connectivity index (χ3n) is 3.59. The van der Waals surface area contributed by atoms with Gasteiger partial charge in [0.1, 0.15) is 5.15 Å². The normalized spacial score (nSPS) is 11.3. The molecule has 2 heterocycles. The SMILES string of the molecule is CCNC(=NCc1cc(Cl)c(Cl)n1C)NCCNC(=O)c1cccnc1. The highest BCUT2D eigenvalue weighted by Gasteiger charge is 2.09. The lowest BCUT2D eigenvalue weighted by Crippen LogP contribution is -2.41. The average Bonchev–Trinajstić information content (AvgIpc) is 2.90. The first-order valence-electron chi connectivity index (χ1n) is 8.23. The standard InChI is InChI=1S/C17H22Cl2N6O/c1-3-21-17(24-11-13-9-14(18)15(19)25(13)2)23-8-7-22-16(26)12-5-4-6-20-10-12/h4-6,9-10H,3,7-8,11H2,1-2H3,(H,22,26)(H2,21,23,24). The maximum Gasteiger partial charge on any atom is 0.252 e. The molecule has 9 heteroatoms. The Bertz CT molecular complexity index is 760. The third kappa shape index (κ3) is 5.64. The van der Waals surface area contributed by atoms with E-state index in [1.807, 2.05) is 14.0 Å². The number of carbonyl (C=O) groups excluding carboxylic acids is 1. The van der Waals surface area contributed by atoms with Gasteiger partial charge in [0.15, 0.2) is 5.96 Å². The molecule has 0 bridgehead atoms. The topological polar surface area (TPSA) is 83.3 Å². The molecule has 0 aliphatic heterocycles. The van der Waals surface area contributed by atoms with Crippen LogP contribution in [0.5, 0.6) is 0 Å². The number of amides is 1. The number of rotatable bonds is 7. The van der Waals surface area contributed by atoms with E-state index in [0.717, 1.165) is 12.2 Å². The van der Waals surface area contributed by atoms with E-state index in [-0.39, 0.29) is 5.91 Å². The van der Waals surface area contributed by atoms with Crippen LogP contribution in [0.3, 0.4) is 0 Å². The highest BCUT2D eigenvalue weighted by atomic mass is 35.5. The van der Waals surface area contributed by atoms with Crippen LogP contribution in [0.4, 0.5) is 0 Å². The molecule has 0 fully saturated rings. The summed E-state index contributed by atoms with van der Waals surface area (Å²) >= 11 is 12.1. The molecule has 2 rings (SSSR count). The van der Waals surface area contributed by atoms with E-state index in [1.54, 1.807) is 29.0 Å². The van der Waals surface area contributed by atoms with Crippen molar-refractivity contribution in [2.45, 2.75) is 13.5 Å². The second-order valence-electron chi connectivity index (χ2n) is 5.45. The first kappa shape index (κ1) is 20.1. The van der Waals surface area contributed by atoms with Gasteiger partial charge in [-0.05, 0) is 25.1 Å². The summed E-state index contributed by atoms with van der Waals surface area (Å²) in [5.74, 6) is 0.492. The van der Waals surface area contributed by atoms with Gasteiger partial charge in [-0.1, -0.05) is 23.2 Å². The van der Waals surface area contributed by atoms with Gasteiger partial charge in [-0.25, -0.2) is 4.99 Å². The van der Waals surface area contributed by atoms with E-state index in [9.17, 15) is 4.79 Å². The smallest absolute Gasteiger partial charge is 0.252 e. The highest BCUT2D eigenvalue weighted by molar-refractivity contribution is 6.41. The van der Waals surface area contributed by atoms with Crippen LogP contribution in [0.1, 0.15) is 23.0 Å². The van der Waals surface area contributed by atoms with Crippen LogP contribution >= 0.6 is 23.2 Å². The van der Waals surface area contributed by atoms with Gasteiger partial charge in [0.25, 0.3) is 5.91 Å². The van der Waals surface area contributed by atoms with Gasteiger partial charge in [0, 0.05) is 44.8 Å². The molecule has 0 aliphatic carbocycles. The zero-order valence-corrected chi connectivity index (χ0v) is 16.2. The highest BCUT2D eigenvalue weighted by Crippen LogP contribution is 2.25. The summed E-state index contributed by atoms with van der Waals surface area (Å²) in [5.41, 5.74) is 1.44. The first-order valence-corrected chi connectivity index (χ1v) is 8.98. The van der Waals surface area contributed by atoms with Gasteiger partial charge in [0.05, 0.1) is 17.1 Å². The number of guanidine groups is 1. The number of aromatic nitrogens is 2. The molecule has 0 aliphatic rings. The Morgan fingerprint density at radius 1 is 1.27 bits per heavy atom. The fourth-order valence-electron chi connectivity index (χ4n) is 2.20. The number of nitrogens with zero attached hydrogens (tertiary/aromatic N) is 3. The van der Waals surface area contributed by atoms with Crippen molar-refractivity contribution in [1.82, 2.24) is 25.5 Å². The van der Waals surface area contributed by atoms with Crippen LogP contribution in [-0.4, -0.2) is 41.1 Å². The second-order valence-corrected chi connectivity index (χ2v) is 6.22. The van der Waals surface area contributed by atoms with Gasteiger partial charge < -0.3 is 20.5 Å². The zero-order valence-electron chi connectivity index (χ0n) is 14.7. The molecular formula is C17H22Cl2N6O. The lowest BCUT2D eigenvalue weighted by atomic mass is 10.3. The molecule has 7 nitrogen and oxygen atoms in total. The minimum Gasteiger partial charge on any atom is -0.357 e. The number of halogens is 2. The molecule has 1 amide bonds. The van der Waals surface area contributed by atoms with Crippen molar-refractivity contribution in [2.75, 3.05) is 19.6 Å². The van der Waals surface area contributed by atoms with Crippen molar-refractivity contribution in [1.29, 1.82) is 0 Å². The zero-order chi connectivity index (χ0) is 18.9. The number of hydrogen-bond acceptors (Lipinski definition) is 3. The molecule has 0 atom stereocenters. The molecule has 0 aromatic carbocycles. The molecule has 3 N–H and O–H groups in total. The van der Waals surface area contributed by atoms with Crippen molar-refractivity contribution in [3.05, 3.63) is 52.0 Å². The second kappa shape index (κ2) is 10.0. The van der Waals surface area contributed by atoms with Crippen molar-refractivity contribution >= 4 is 35.1 Å². The van der Waals surface area contributed by atoms with E-state index in [2.05, 4.69) is 25.9 Å². The number of carbonyl (C=O) groups is 1. The molecule has 2 aromatic rings. The quantitative estimate of drug-likeness (QED) is 0.380. The number of hydrogen-bond donors (Lipinski definition) is 3.